The quantitative estimate of drug-likeness (QED) is 0.588. The van der Waals surface area contributed by atoms with Crippen molar-refractivity contribution in [3.05, 3.63) is 0 Å². The second-order valence-corrected chi connectivity index (χ2v) is 3.50. The van der Waals surface area contributed by atoms with Gasteiger partial charge in [-0.3, -0.25) is 0 Å². The van der Waals surface area contributed by atoms with Crippen LogP contribution in [0.15, 0.2) is 0 Å². The number of hydrogen-bond acceptors (Lipinski definition) is 2. The summed E-state index contributed by atoms with van der Waals surface area (Å²) >= 11 is 0. The Balaban J connectivity index is 2.58. The van der Waals surface area contributed by atoms with Crippen LogP contribution < -0.4 is 5.32 Å². The molecule has 1 heterocycles. The molecule has 0 amide bonds. The predicted octanol–water partition coefficient (Wildman–Crippen LogP) is 1.05. The fraction of sp³-hybridized carbons (Fsp3) is 1.00. The van der Waals surface area contributed by atoms with E-state index in [-0.39, 0.29) is 13.0 Å². The molecule has 1 aliphatic heterocycles. The molecule has 1 saturated heterocycles. The average molecular weight is 183 g/mol. The van der Waals surface area contributed by atoms with Crippen molar-refractivity contribution in [3.63, 3.8) is 0 Å². The SMILES string of the molecule is CC1(O)CCNC(C(F)(F)F)C1. The number of hydrogen-bond donors (Lipinski definition) is 2. The van der Waals surface area contributed by atoms with E-state index in [1.165, 1.54) is 6.92 Å². The van der Waals surface area contributed by atoms with Crippen LogP contribution in [0.1, 0.15) is 19.8 Å². The summed E-state index contributed by atoms with van der Waals surface area (Å²) in [5.74, 6) is 0. The summed E-state index contributed by atoms with van der Waals surface area (Å²) in [5.41, 5.74) is -1.18. The van der Waals surface area contributed by atoms with Crippen LogP contribution in [0.25, 0.3) is 0 Å². The lowest BCUT2D eigenvalue weighted by Crippen LogP contribution is -2.53. The highest BCUT2D eigenvalue weighted by molar-refractivity contribution is 4.90. The summed E-state index contributed by atoms with van der Waals surface area (Å²) in [6.45, 7) is 1.66. The lowest BCUT2D eigenvalue weighted by molar-refractivity contribution is -0.175. The Morgan fingerprint density at radius 3 is 2.42 bits per heavy atom. The molecular formula is C7H12F3NO. The summed E-state index contributed by atoms with van der Waals surface area (Å²) in [6.07, 6.45) is -4.12. The molecule has 2 atom stereocenters. The lowest BCUT2D eigenvalue weighted by Gasteiger charge is -2.35. The summed E-state index contributed by atoms with van der Waals surface area (Å²) < 4.78 is 36.3. The molecule has 0 aromatic rings. The number of alkyl halides is 3. The molecule has 0 radical (unpaired) electrons. The fourth-order valence-electron chi connectivity index (χ4n) is 1.36. The van der Waals surface area contributed by atoms with E-state index in [1.807, 2.05) is 0 Å². The lowest BCUT2D eigenvalue weighted by atomic mass is 9.89. The third-order valence-electron chi connectivity index (χ3n) is 2.09. The Labute approximate surface area is 68.8 Å². The van der Waals surface area contributed by atoms with Crippen molar-refractivity contribution in [2.75, 3.05) is 6.54 Å². The van der Waals surface area contributed by atoms with Crippen LogP contribution in [0.3, 0.4) is 0 Å². The smallest absolute Gasteiger partial charge is 0.390 e. The highest BCUT2D eigenvalue weighted by Crippen LogP contribution is 2.30. The molecule has 0 saturated carbocycles. The Morgan fingerprint density at radius 1 is 1.50 bits per heavy atom. The zero-order valence-corrected chi connectivity index (χ0v) is 6.78. The van der Waals surface area contributed by atoms with Gasteiger partial charge in [-0.05, 0) is 26.3 Å². The van der Waals surface area contributed by atoms with Gasteiger partial charge in [0.2, 0.25) is 0 Å². The molecule has 1 aliphatic rings. The van der Waals surface area contributed by atoms with Crippen LogP contribution in [0.5, 0.6) is 0 Å². The van der Waals surface area contributed by atoms with Crippen LogP contribution in [0, 0.1) is 0 Å². The molecule has 0 aromatic carbocycles. The van der Waals surface area contributed by atoms with Crippen molar-refractivity contribution >= 4 is 0 Å². The van der Waals surface area contributed by atoms with Crippen LogP contribution in [-0.2, 0) is 0 Å². The fourth-order valence-corrected chi connectivity index (χ4v) is 1.36. The second-order valence-electron chi connectivity index (χ2n) is 3.50. The van der Waals surface area contributed by atoms with E-state index < -0.39 is 17.8 Å². The number of rotatable bonds is 0. The summed E-state index contributed by atoms with van der Waals surface area (Å²) in [5, 5.41) is 11.7. The monoisotopic (exact) mass is 183 g/mol. The van der Waals surface area contributed by atoms with Crippen molar-refractivity contribution in [1.29, 1.82) is 0 Å². The molecule has 1 fully saturated rings. The van der Waals surface area contributed by atoms with E-state index in [0.717, 1.165) is 0 Å². The first-order valence-electron chi connectivity index (χ1n) is 3.84. The molecule has 1 rings (SSSR count). The van der Waals surface area contributed by atoms with Crippen LogP contribution in [0.2, 0.25) is 0 Å². The normalized spacial score (nSPS) is 38.2. The maximum atomic E-state index is 12.1. The number of aliphatic hydroxyl groups is 1. The first-order chi connectivity index (χ1) is 5.31. The van der Waals surface area contributed by atoms with Gasteiger partial charge in [0.15, 0.2) is 0 Å². The van der Waals surface area contributed by atoms with Crippen molar-refractivity contribution in [2.24, 2.45) is 0 Å². The molecule has 72 valence electrons. The van der Waals surface area contributed by atoms with Gasteiger partial charge in [-0.1, -0.05) is 0 Å². The largest absolute Gasteiger partial charge is 0.403 e. The third kappa shape index (κ3) is 2.35. The van der Waals surface area contributed by atoms with Gasteiger partial charge in [-0.15, -0.1) is 0 Å². The van der Waals surface area contributed by atoms with Crippen LogP contribution >= 0.6 is 0 Å². The Kier molecular flexibility index (Phi) is 2.35. The second kappa shape index (κ2) is 2.88. The minimum absolute atomic E-state index is 0.219. The van der Waals surface area contributed by atoms with Gasteiger partial charge in [-0.25, -0.2) is 0 Å². The molecule has 5 heteroatoms. The summed E-state index contributed by atoms with van der Waals surface area (Å²) in [4.78, 5) is 0. The van der Waals surface area contributed by atoms with Gasteiger partial charge in [-0.2, -0.15) is 13.2 Å². The van der Waals surface area contributed by atoms with Gasteiger partial charge in [0, 0.05) is 0 Å². The van der Waals surface area contributed by atoms with Gasteiger partial charge in [0.25, 0.3) is 0 Å². The van der Waals surface area contributed by atoms with E-state index >= 15 is 0 Å². The molecular weight excluding hydrogens is 171 g/mol. The zero-order chi connectivity index (χ0) is 9.41. The molecule has 2 unspecified atom stereocenters. The summed E-state index contributed by atoms with van der Waals surface area (Å²) in [7, 11) is 0. The molecule has 0 bridgehead atoms. The first kappa shape index (κ1) is 9.80. The molecule has 0 aliphatic carbocycles. The van der Waals surface area contributed by atoms with Crippen LogP contribution in [0.4, 0.5) is 13.2 Å². The van der Waals surface area contributed by atoms with E-state index in [9.17, 15) is 18.3 Å². The number of nitrogens with one attached hydrogen (secondary N) is 1. The predicted molar refractivity (Wildman–Crippen MR) is 37.7 cm³/mol. The minimum atomic E-state index is -4.25. The van der Waals surface area contributed by atoms with Crippen molar-refractivity contribution in [3.8, 4) is 0 Å². The van der Waals surface area contributed by atoms with Crippen molar-refractivity contribution in [1.82, 2.24) is 5.32 Å². The Bertz CT molecular complexity index is 163. The first-order valence-corrected chi connectivity index (χ1v) is 3.84. The molecule has 0 spiro atoms. The Morgan fingerprint density at radius 2 is 2.08 bits per heavy atom. The highest BCUT2D eigenvalue weighted by atomic mass is 19.4. The molecule has 12 heavy (non-hydrogen) atoms. The molecule has 2 N–H and O–H groups in total. The van der Waals surface area contributed by atoms with Crippen molar-refractivity contribution < 1.29 is 18.3 Å². The van der Waals surface area contributed by atoms with Crippen molar-refractivity contribution in [2.45, 2.75) is 37.6 Å². The van der Waals surface area contributed by atoms with E-state index in [4.69, 9.17) is 0 Å². The van der Waals surface area contributed by atoms with Gasteiger partial charge >= 0.3 is 6.18 Å². The maximum Gasteiger partial charge on any atom is 0.403 e. The van der Waals surface area contributed by atoms with Crippen LogP contribution in [-0.4, -0.2) is 29.5 Å². The minimum Gasteiger partial charge on any atom is -0.390 e. The average Bonchev–Trinajstić information content (AvgIpc) is 1.83. The third-order valence-corrected chi connectivity index (χ3v) is 2.09. The van der Waals surface area contributed by atoms with E-state index in [0.29, 0.717) is 6.42 Å². The standard InChI is InChI=1S/C7H12F3NO/c1-6(12)2-3-11-5(4-6)7(8,9)10/h5,11-12H,2-4H2,1H3. The van der Waals surface area contributed by atoms with Gasteiger partial charge < -0.3 is 10.4 Å². The summed E-state index contributed by atoms with van der Waals surface area (Å²) in [6, 6.07) is -1.55. The highest BCUT2D eigenvalue weighted by Gasteiger charge is 2.45. The molecule has 2 nitrogen and oxygen atoms in total. The van der Waals surface area contributed by atoms with Gasteiger partial charge in [0.05, 0.1) is 5.60 Å². The topological polar surface area (TPSA) is 32.3 Å². The number of piperidine rings is 1. The number of halogens is 3. The zero-order valence-electron chi connectivity index (χ0n) is 6.78. The van der Waals surface area contributed by atoms with Gasteiger partial charge in [0.1, 0.15) is 6.04 Å². The van der Waals surface area contributed by atoms with E-state index in [2.05, 4.69) is 5.32 Å². The molecule has 0 aromatic heterocycles. The van der Waals surface area contributed by atoms with E-state index in [1.54, 1.807) is 0 Å². The maximum absolute atomic E-state index is 12.1. The Hall–Kier alpha value is -0.290.